The van der Waals surface area contributed by atoms with Gasteiger partial charge < -0.3 is 5.32 Å². The number of piperazine rings is 1. The molecular weight excluding hydrogens is 172 g/mol. The van der Waals surface area contributed by atoms with E-state index in [1.54, 1.807) is 0 Å². The Kier molecular flexibility index (Phi) is 3.13. The molecule has 1 aliphatic heterocycles. The first-order valence-electron chi connectivity index (χ1n) is 6.21. The first-order chi connectivity index (χ1) is 6.72. The molecule has 1 saturated heterocycles. The van der Waals surface area contributed by atoms with Gasteiger partial charge in [0.05, 0.1) is 0 Å². The van der Waals surface area contributed by atoms with E-state index in [1.807, 2.05) is 0 Å². The zero-order chi connectivity index (χ0) is 10.1. The average Bonchev–Trinajstić information content (AvgIpc) is 3.00. The lowest BCUT2D eigenvalue weighted by molar-refractivity contribution is 0.0803. The highest BCUT2D eigenvalue weighted by Crippen LogP contribution is 2.36. The lowest BCUT2D eigenvalue weighted by Gasteiger charge is -2.43. The maximum absolute atomic E-state index is 3.59. The van der Waals surface area contributed by atoms with Gasteiger partial charge in [0.2, 0.25) is 0 Å². The molecule has 0 aromatic rings. The minimum atomic E-state index is 0.680. The summed E-state index contributed by atoms with van der Waals surface area (Å²) in [6.45, 7) is 9.48. The van der Waals surface area contributed by atoms with Crippen LogP contribution in [0.25, 0.3) is 0 Å². The molecule has 0 amide bonds. The number of nitrogens with one attached hydrogen (secondary N) is 1. The van der Waals surface area contributed by atoms with Crippen LogP contribution in [0, 0.1) is 5.92 Å². The van der Waals surface area contributed by atoms with Crippen molar-refractivity contribution in [2.75, 3.05) is 13.1 Å². The summed E-state index contributed by atoms with van der Waals surface area (Å²) in [5.74, 6) is 1.01. The second kappa shape index (κ2) is 4.19. The number of nitrogens with zero attached hydrogens (tertiary/aromatic N) is 1. The zero-order valence-electron chi connectivity index (χ0n) is 9.79. The van der Waals surface area contributed by atoms with Crippen molar-refractivity contribution >= 4 is 0 Å². The molecule has 2 fully saturated rings. The van der Waals surface area contributed by atoms with Gasteiger partial charge in [-0.25, -0.2) is 0 Å². The Morgan fingerprint density at radius 3 is 2.71 bits per heavy atom. The van der Waals surface area contributed by atoms with Crippen molar-refractivity contribution in [3.8, 4) is 0 Å². The monoisotopic (exact) mass is 196 g/mol. The van der Waals surface area contributed by atoms with E-state index in [0.29, 0.717) is 6.04 Å². The van der Waals surface area contributed by atoms with E-state index in [4.69, 9.17) is 0 Å². The normalized spacial score (nSPS) is 37.1. The van der Waals surface area contributed by atoms with Gasteiger partial charge in [-0.05, 0) is 39.0 Å². The van der Waals surface area contributed by atoms with Gasteiger partial charge in [0.1, 0.15) is 0 Å². The third-order valence-corrected chi connectivity index (χ3v) is 3.95. The highest BCUT2D eigenvalue weighted by atomic mass is 15.3. The summed E-state index contributed by atoms with van der Waals surface area (Å²) in [6, 6.07) is 2.28. The van der Waals surface area contributed by atoms with Crippen LogP contribution in [0.4, 0.5) is 0 Å². The van der Waals surface area contributed by atoms with E-state index < -0.39 is 0 Å². The van der Waals surface area contributed by atoms with E-state index in [0.717, 1.165) is 18.0 Å². The van der Waals surface area contributed by atoms with Crippen molar-refractivity contribution in [1.82, 2.24) is 10.2 Å². The van der Waals surface area contributed by atoms with Gasteiger partial charge >= 0.3 is 0 Å². The largest absolute Gasteiger partial charge is 0.311 e. The molecule has 2 nitrogen and oxygen atoms in total. The Labute approximate surface area is 88.1 Å². The van der Waals surface area contributed by atoms with Crippen molar-refractivity contribution in [3.63, 3.8) is 0 Å². The minimum absolute atomic E-state index is 0.680. The van der Waals surface area contributed by atoms with Crippen molar-refractivity contribution in [1.29, 1.82) is 0 Å². The summed E-state index contributed by atoms with van der Waals surface area (Å²) >= 11 is 0. The van der Waals surface area contributed by atoms with Crippen LogP contribution >= 0.6 is 0 Å². The van der Waals surface area contributed by atoms with E-state index in [9.17, 15) is 0 Å². The van der Waals surface area contributed by atoms with Gasteiger partial charge in [0, 0.05) is 31.2 Å². The molecule has 0 aromatic heterocycles. The summed E-state index contributed by atoms with van der Waals surface area (Å²) in [5.41, 5.74) is 0. The second-order valence-corrected chi connectivity index (χ2v) is 5.15. The van der Waals surface area contributed by atoms with Crippen LogP contribution in [0.1, 0.15) is 40.0 Å². The van der Waals surface area contributed by atoms with E-state index in [1.165, 1.54) is 32.4 Å². The molecule has 1 heterocycles. The third-order valence-electron chi connectivity index (χ3n) is 3.95. The van der Waals surface area contributed by atoms with Gasteiger partial charge in [-0.15, -0.1) is 0 Å². The van der Waals surface area contributed by atoms with Crippen molar-refractivity contribution in [3.05, 3.63) is 0 Å². The van der Waals surface area contributed by atoms with Crippen LogP contribution < -0.4 is 5.32 Å². The molecule has 2 heteroatoms. The lowest BCUT2D eigenvalue weighted by Crippen LogP contribution is -2.58. The molecule has 3 unspecified atom stereocenters. The molecule has 3 atom stereocenters. The maximum Gasteiger partial charge on any atom is 0.0221 e. The van der Waals surface area contributed by atoms with Crippen LogP contribution in [0.5, 0.6) is 0 Å². The Hall–Kier alpha value is -0.0800. The molecule has 0 bridgehead atoms. The van der Waals surface area contributed by atoms with Gasteiger partial charge in [-0.1, -0.05) is 6.92 Å². The highest BCUT2D eigenvalue weighted by Gasteiger charge is 2.36. The molecule has 1 aliphatic carbocycles. The van der Waals surface area contributed by atoms with Gasteiger partial charge in [-0.2, -0.15) is 0 Å². The molecule has 0 aromatic carbocycles. The summed E-state index contributed by atoms with van der Waals surface area (Å²) in [6.07, 6.45) is 4.22. The highest BCUT2D eigenvalue weighted by molar-refractivity contribution is 4.92. The predicted molar refractivity (Wildman–Crippen MR) is 60.4 cm³/mol. The minimum Gasteiger partial charge on any atom is -0.311 e. The van der Waals surface area contributed by atoms with Crippen LogP contribution in [-0.2, 0) is 0 Å². The van der Waals surface area contributed by atoms with Crippen molar-refractivity contribution in [2.45, 2.75) is 58.2 Å². The summed E-state index contributed by atoms with van der Waals surface area (Å²) < 4.78 is 0. The Morgan fingerprint density at radius 1 is 1.43 bits per heavy atom. The molecule has 1 saturated carbocycles. The SMILES string of the molecule is CCC1CNC(C)CN1C(C)C1CC1. The van der Waals surface area contributed by atoms with Gasteiger partial charge in [-0.3, -0.25) is 4.90 Å². The Balaban J connectivity index is 1.96. The van der Waals surface area contributed by atoms with Gasteiger partial charge in [0.15, 0.2) is 0 Å². The standard InChI is InChI=1S/C12H24N2/c1-4-12-7-13-9(2)8-14(12)10(3)11-5-6-11/h9-13H,4-8H2,1-3H3. The van der Waals surface area contributed by atoms with E-state index in [2.05, 4.69) is 31.0 Å². The molecule has 0 radical (unpaired) electrons. The average molecular weight is 196 g/mol. The molecule has 2 rings (SSSR count). The molecule has 82 valence electrons. The first-order valence-corrected chi connectivity index (χ1v) is 6.21. The fourth-order valence-corrected chi connectivity index (χ4v) is 2.71. The van der Waals surface area contributed by atoms with Crippen molar-refractivity contribution in [2.24, 2.45) is 5.92 Å². The smallest absolute Gasteiger partial charge is 0.0221 e. The molecular formula is C12H24N2. The first kappa shape index (κ1) is 10.4. The molecule has 2 aliphatic rings. The maximum atomic E-state index is 3.59. The number of rotatable bonds is 3. The zero-order valence-corrected chi connectivity index (χ0v) is 9.79. The Morgan fingerprint density at radius 2 is 2.14 bits per heavy atom. The molecule has 14 heavy (non-hydrogen) atoms. The van der Waals surface area contributed by atoms with Gasteiger partial charge in [0.25, 0.3) is 0 Å². The fraction of sp³-hybridized carbons (Fsp3) is 1.00. The lowest BCUT2D eigenvalue weighted by atomic mass is 10.0. The third kappa shape index (κ3) is 2.12. The van der Waals surface area contributed by atoms with E-state index in [-0.39, 0.29) is 0 Å². The number of hydrogen-bond donors (Lipinski definition) is 1. The predicted octanol–water partition coefficient (Wildman–Crippen LogP) is 1.86. The molecule has 1 N–H and O–H groups in total. The summed E-state index contributed by atoms with van der Waals surface area (Å²) in [7, 11) is 0. The summed E-state index contributed by atoms with van der Waals surface area (Å²) in [4.78, 5) is 2.75. The summed E-state index contributed by atoms with van der Waals surface area (Å²) in [5, 5.41) is 3.59. The van der Waals surface area contributed by atoms with Crippen molar-refractivity contribution < 1.29 is 0 Å². The number of hydrogen-bond acceptors (Lipinski definition) is 2. The quantitative estimate of drug-likeness (QED) is 0.741. The van der Waals surface area contributed by atoms with Crippen LogP contribution in [0.15, 0.2) is 0 Å². The fourth-order valence-electron chi connectivity index (χ4n) is 2.71. The van der Waals surface area contributed by atoms with Crippen LogP contribution in [0.2, 0.25) is 0 Å². The Bertz CT molecular complexity index is 187. The topological polar surface area (TPSA) is 15.3 Å². The van der Waals surface area contributed by atoms with E-state index >= 15 is 0 Å². The van der Waals surface area contributed by atoms with Crippen LogP contribution in [0.3, 0.4) is 0 Å². The molecule has 0 spiro atoms. The second-order valence-electron chi connectivity index (χ2n) is 5.15. The van der Waals surface area contributed by atoms with Crippen LogP contribution in [-0.4, -0.2) is 36.1 Å².